The highest BCUT2D eigenvalue weighted by Crippen LogP contribution is 2.38. The van der Waals surface area contributed by atoms with E-state index in [2.05, 4.69) is 46.4 Å². The van der Waals surface area contributed by atoms with Crippen LogP contribution >= 0.6 is 0 Å². The van der Waals surface area contributed by atoms with Crippen LogP contribution in [0.4, 0.5) is 22.7 Å². The summed E-state index contributed by atoms with van der Waals surface area (Å²) in [6.45, 7) is 2.20. The summed E-state index contributed by atoms with van der Waals surface area (Å²) in [6.07, 6.45) is 2.70. The van der Waals surface area contributed by atoms with Crippen LogP contribution in [0.5, 0.6) is 0 Å². The van der Waals surface area contributed by atoms with E-state index in [9.17, 15) is 4.79 Å². The van der Waals surface area contributed by atoms with E-state index >= 15 is 0 Å². The van der Waals surface area contributed by atoms with Crippen molar-refractivity contribution in [2.75, 3.05) is 29.2 Å². The van der Waals surface area contributed by atoms with E-state index in [1.807, 2.05) is 55.4 Å². The number of nitrogens with zero attached hydrogens (tertiary/aromatic N) is 3. The first-order valence-corrected chi connectivity index (χ1v) is 9.45. The van der Waals surface area contributed by atoms with Gasteiger partial charge in [-0.2, -0.15) is 0 Å². The van der Waals surface area contributed by atoms with Gasteiger partial charge in [-0.25, -0.2) is 0 Å². The van der Waals surface area contributed by atoms with E-state index in [-0.39, 0.29) is 5.91 Å². The quantitative estimate of drug-likeness (QED) is 0.733. The molecule has 1 aliphatic heterocycles. The summed E-state index contributed by atoms with van der Waals surface area (Å²) in [6, 6.07) is 20.3. The molecule has 4 rings (SSSR count). The number of rotatable bonds is 4. The van der Waals surface area contributed by atoms with Crippen molar-refractivity contribution in [3.8, 4) is 0 Å². The predicted octanol–water partition coefficient (Wildman–Crippen LogP) is 4.48. The van der Waals surface area contributed by atoms with Gasteiger partial charge >= 0.3 is 0 Å². The predicted molar refractivity (Wildman–Crippen MR) is 115 cm³/mol. The number of fused-ring (bicyclic) bond motifs is 1. The van der Waals surface area contributed by atoms with E-state index in [1.165, 1.54) is 11.3 Å². The zero-order valence-electron chi connectivity index (χ0n) is 16.4. The molecule has 0 bridgehead atoms. The molecule has 5 nitrogen and oxygen atoms in total. The Balaban J connectivity index is 1.56. The molecule has 0 fully saturated rings. The van der Waals surface area contributed by atoms with Crippen LogP contribution in [0.15, 0.2) is 66.9 Å². The Hall–Kier alpha value is -3.34. The summed E-state index contributed by atoms with van der Waals surface area (Å²) in [5.74, 6) is -0.209. The third kappa shape index (κ3) is 3.43. The first kappa shape index (κ1) is 18.0. The maximum absolute atomic E-state index is 12.7. The van der Waals surface area contributed by atoms with Gasteiger partial charge in [0.2, 0.25) is 0 Å². The molecule has 0 saturated heterocycles. The van der Waals surface area contributed by atoms with Crippen LogP contribution in [0.25, 0.3) is 0 Å². The third-order valence-corrected chi connectivity index (χ3v) is 5.10. The molecule has 1 amide bonds. The fraction of sp³-hybridized carbons (Fsp3) is 0.217. The molecule has 1 unspecified atom stereocenters. The molecule has 0 spiro atoms. The number of carbonyl (C=O) groups is 1. The maximum Gasteiger partial charge on any atom is 0.274 e. The third-order valence-electron chi connectivity index (χ3n) is 5.10. The molecule has 0 radical (unpaired) electrons. The van der Waals surface area contributed by atoms with Crippen LogP contribution in [0.1, 0.15) is 23.0 Å². The van der Waals surface area contributed by atoms with Gasteiger partial charge in [0.1, 0.15) is 5.69 Å². The highest BCUT2D eigenvalue weighted by Gasteiger charge is 2.27. The standard InChI is InChI=1S/C23H24N4O/c1-16-14-17-6-4-5-7-22(17)27(16)20-12-13-24-21(15-20)23(28)25-18-8-10-19(11-9-18)26(2)3/h4-13,15-16H,14H2,1-3H3,(H,25,28). The maximum atomic E-state index is 12.7. The van der Waals surface area contributed by atoms with E-state index in [0.717, 1.165) is 23.5 Å². The monoisotopic (exact) mass is 372 g/mol. The number of carbonyl (C=O) groups excluding carboxylic acids is 1. The lowest BCUT2D eigenvalue weighted by atomic mass is 10.1. The number of benzene rings is 2. The van der Waals surface area contributed by atoms with Crippen molar-refractivity contribution in [2.45, 2.75) is 19.4 Å². The fourth-order valence-corrected chi connectivity index (χ4v) is 3.69. The Morgan fingerprint density at radius 3 is 2.61 bits per heavy atom. The van der Waals surface area contributed by atoms with Gasteiger partial charge in [-0.15, -0.1) is 0 Å². The SMILES string of the molecule is CC1Cc2ccccc2N1c1ccnc(C(=O)Nc2ccc(N(C)C)cc2)c1. The summed E-state index contributed by atoms with van der Waals surface area (Å²) in [4.78, 5) is 21.3. The van der Waals surface area contributed by atoms with Gasteiger partial charge in [0, 0.05) is 49.1 Å². The highest BCUT2D eigenvalue weighted by atomic mass is 16.1. The molecular formula is C23H24N4O. The van der Waals surface area contributed by atoms with Crippen molar-refractivity contribution in [3.63, 3.8) is 0 Å². The van der Waals surface area contributed by atoms with Crippen molar-refractivity contribution in [2.24, 2.45) is 0 Å². The fourth-order valence-electron chi connectivity index (χ4n) is 3.69. The number of nitrogens with one attached hydrogen (secondary N) is 1. The normalized spacial score (nSPS) is 15.2. The molecule has 1 aliphatic rings. The van der Waals surface area contributed by atoms with Crippen molar-refractivity contribution >= 4 is 28.7 Å². The molecule has 1 N–H and O–H groups in total. The molecule has 1 aromatic heterocycles. The minimum Gasteiger partial charge on any atom is -0.378 e. The average Bonchev–Trinajstić information content (AvgIpc) is 3.04. The lowest BCUT2D eigenvalue weighted by molar-refractivity contribution is 0.102. The summed E-state index contributed by atoms with van der Waals surface area (Å²) >= 11 is 0. The molecule has 3 aromatic rings. The molecule has 142 valence electrons. The first-order valence-electron chi connectivity index (χ1n) is 9.45. The molecule has 2 heterocycles. The van der Waals surface area contributed by atoms with Crippen molar-refractivity contribution in [1.29, 1.82) is 0 Å². The van der Waals surface area contributed by atoms with Crippen molar-refractivity contribution < 1.29 is 4.79 Å². The number of pyridine rings is 1. The van der Waals surface area contributed by atoms with Crippen LogP contribution in [-0.2, 0) is 6.42 Å². The first-order chi connectivity index (χ1) is 13.5. The van der Waals surface area contributed by atoms with Gasteiger partial charge in [-0.3, -0.25) is 9.78 Å². The van der Waals surface area contributed by atoms with E-state index in [4.69, 9.17) is 0 Å². The smallest absolute Gasteiger partial charge is 0.274 e. The second-order valence-electron chi connectivity index (χ2n) is 7.35. The molecule has 0 aliphatic carbocycles. The van der Waals surface area contributed by atoms with Crippen molar-refractivity contribution in [3.05, 3.63) is 78.1 Å². The summed E-state index contributed by atoms with van der Waals surface area (Å²) < 4.78 is 0. The van der Waals surface area contributed by atoms with Crippen LogP contribution in [-0.4, -0.2) is 31.0 Å². The zero-order chi connectivity index (χ0) is 19.7. The number of amides is 1. The minimum atomic E-state index is -0.209. The molecule has 28 heavy (non-hydrogen) atoms. The number of anilines is 4. The summed E-state index contributed by atoms with van der Waals surface area (Å²) in [5.41, 5.74) is 5.76. The Morgan fingerprint density at radius 1 is 1.11 bits per heavy atom. The number of hydrogen-bond acceptors (Lipinski definition) is 4. The summed E-state index contributed by atoms with van der Waals surface area (Å²) in [7, 11) is 3.97. The van der Waals surface area contributed by atoms with E-state index < -0.39 is 0 Å². The number of para-hydroxylation sites is 1. The topological polar surface area (TPSA) is 48.5 Å². The van der Waals surface area contributed by atoms with Crippen LogP contribution in [0, 0.1) is 0 Å². The van der Waals surface area contributed by atoms with Gasteiger partial charge in [0.25, 0.3) is 5.91 Å². The van der Waals surface area contributed by atoms with Gasteiger partial charge < -0.3 is 15.1 Å². The lowest BCUT2D eigenvalue weighted by Gasteiger charge is -2.25. The molecule has 1 atom stereocenters. The zero-order valence-corrected chi connectivity index (χ0v) is 16.4. The van der Waals surface area contributed by atoms with Gasteiger partial charge in [-0.05, 0) is 61.4 Å². The second kappa shape index (κ2) is 7.35. The summed E-state index contributed by atoms with van der Waals surface area (Å²) in [5, 5.41) is 2.93. The van der Waals surface area contributed by atoms with Gasteiger partial charge in [0.15, 0.2) is 0 Å². The average molecular weight is 372 g/mol. The molecule has 2 aromatic carbocycles. The molecule has 0 saturated carbocycles. The minimum absolute atomic E-state index is 0.209. The lowest BCUT2D eigenvalue weighted by Crippen LogP contribution is -2.24. The van der Waals surface area contributed by atoms with Crippen LogP contribution < -0.4 is 15.1 Å². The van der Waals surface area contributed by atoms with E-state index in [0.29, 0.717) is 11.7 Å². The largest absolute Gasteiger partial charge is 0.378 e. The Labute approximate surface area is 165 Å². The highest BCUT2D eigenvalue weighted by molar-refractivity contribution is 6.03. The second-order valence-corrected chi connectivity index (χ2v) is 7.35. The van der Waals surface area contributed by atoms with E-state index in [1.54, 1.807) is 6.20 Å². The Morgan fingerprint density at radius 2 is 1.86 bits per heavy atom. The van der Waals surface area contributed by atoms with Gasteiger partial charge in [-0.1, -0.05) is 18.2 Å². The van der Waals surface area contributed by atoms with Crippen LogP contribution in [0.2, 0.25) is 0 Å². The van der Waals surface area contributed by atoms with Gasteiger partial charge in [0.05, 0.1) is 0 Å². The van der Waals surface area contributed by atoms with Crippen molar-refractivity contribution in [1.82, 2.24) is 4.98 Å². The molecule has 5 heteroatoms. The Bertz CT molecular complexity index is 997. The number of hydrogen-bond donors (Lipinski definition) is 1. The van der Waals surface area contributed by atoms with Crippen LogP contribution in [0.3, 0.4) is 0 Å². The number of aromatic nitrogens is 1. The Kier molecular flexibility index (Phi) is 4.74. The molecular weight excluding hydrogens is 348 g/mol.